The molecule has 0 unspecified atom stereocenters. The maximum absolute atomic E-state index is 12.7. The first kappa shape index (κ1) is 25.5. The summed E-state index contributed by atoms with van der Waals surface area (Å²) in [6.07, 6.45) is 3.58. The molecule has 0 aliphatic heterocycles. The first-order valence-corrected chi connectivity index (χ1v) is 13.1. The van der Waals surface area contributed by atoms with Gasteiger partial charge >= 0.3 is 0 Å². The van der Waals surface area contributed by atoms with Crippen LogP contribution in [-0.4, -0.2) is 19.7 Å². The number of rotatable bonds is 7. The van der Waals surface area contributed by atoms with Crippen molar-refractivity contribution in [3.8, 4) is 28.8 Å². The highest BCUT2D eigenvalue weighted by atomic mass is 16.5. The van der Waals surface area contributed by atoms with Gasteiger partial charge in [0.05, 0.1) is 22.2 Å². The van der Waals surface area contributed by atoms with E-state index in [1.54, 1.807) is 29.0 Å². The first-order valence-electron chi connectivity index (χ1n) is 13.1. The molecule has 4 aromatic carbocycles. The summed E-state index contributed by atoms with van der Waals surface area (Å²) in [5.74, 6) is 0.989. The Kier molecular flexibility index (Phi) is 6.95. The number of aryl methyl sites for hydroxylation is 1. The van der Waals surface area contributed by atoms with Crippen molar-refractivity contribution in [2.24, 2.45) is 0 Å². The van der Waals surface area contributed by atoms with Crippen molar-refractivity contribution in [2.75, 3.05) is 0 Å². The number of para-hydroxylation sites is 2. The third kappa shape index (κ3) is 5.40. The van der Waals surface area contributed by atoms with Crippen LogP contribution in [-0.2, 0) is 6.61 Å². The molecule has 41 heavy (non-hydrogen) atoms. The normalized spacial score (nSPS) is 11.4. The van der Waals surface area contributed by atoms with Gasteiger partial charge in [0.15, 0.2) is 5.82 Å². The molecule has 6 rings (SSSR count). The molecule has 0 saturated heterocycles. The smallest absolute Gasteiger partial charge is 0.259 e. The van der Waals surface area contributed by atoms with E-state index in [1.165, 1.54) is 0 Å². The van der Waals surface area contributed by atoms with Crippen molar-refractivity contribution in [2.45, 2.75) is 13.5 Å². The van der Waals surface area contributed by atoms with Crippen molar-refractivity contribution in [3.63, 3.8) is 0 Å². The summed E-state index contributed by atoms with van der Waals surface area (Å²) in [4.78, 5) is 20.0. The minimum Gasteiger partial charge on any atom is -0.489 e. The third-order valence-electron chi connectivity index (χ3n) is 6.74. The van der Waals surface area contributed by atoms with Gasteiger partial charge in [-0.2, -0.15) is 10.4 Å². The van der Waals surface area contributed by atoms with Crippen molar-refractivity contribution < 1.29 is 4.74 Å². The lowest BCUT2D eigenvalue weighted by Crippen LogP contribution is -2.11. The number of nitrogens with one attached hydrogen (secondary N) is 1. The summed E-state index contributed by atoms with van der Waals surface area (Å²) < 4.78 is 7.86. The van der Waals surface area contributed by atoms with Gasteiger partial charge in [0.1, 0.15) is 24.1 Å². The predicted molar refractivity (Wildman–Crippen MR) is 160 cm³/mol. The molecule has 0 atom stereocenters. The van der Waals surface area contributed by atoms with E-state index < -0.39 is 0 Å². The molecule has 0 amide bonds. The second-order valence-electron chi connectivity index (χ2n) is 9.57. The van der Waals surface area contributed by atoms with Crippen molar-refractivity contribution in [1.82, 2.24) is 19.7 Å². The van der Waals surface area contributed by atoms with Crippen LogP contribution in [0.25, 0.3) is 39.5 Å². The number of nitriles is 1. The molecule has 198 valence electrons. The Labute approximate surface area is 236 Å². The predicted octanol–water partition coefficient (Wildman–Crippen LogP) is 6.73. The van der Waals surface area contributed by atoms with E-state index in [1.807, 2.05) is 98.0 Å². The number of benzene rings is 4. The topological polar surface area (TPSA) is 96.6 Å². The molecule has 0 fully saturated rings. The Morgan fingerprint density at radius 3 is 2.46 bits per heavy atom. The van der Waals surface area contributed by atoms with Crippen LogP contribution in [0.3, 0.4) is 0 Å². The number of H-pyrrole nitrogens is 1. The lowest BCUT2D eigenvalue weighted by Gasteiger charge is -2.11. The third-order valence-corrected chi connectivity index (χ3v) is 6.74. The van der Waals surface area contributed by atoms with Gasteiger partial charge in [0.25, 0.3) is 5.56 Å². The van der Waals surface area contributed by atoms with E-state index in [-0.39, 0.29) is 17.0 Å². The van der Waals surface area contributed by atoms with E-state index in [0.717, 1.165) is 28.1 Å². The highest BCUT2D eigenvalue weighted by molar-refractivity contribution is 5.91. The van der Waals surface area contributed by atoms with Crippen LogP contribution < -0.4 is 10.3 Å². The molecule has 0 bridgehead atoms. The van der Waals surface area contributed by atoms with E-state index in [9.17, 15) is 10.1 Å². The fourth-order valence-corrected chi connectivity index (χ4v) is 4.65. The quantitative estimate of drug-likeness (QED) is 0.229. The van der Waals surface area contributed by atoms with Gasteiger partial charge in [-0.25, -0.2) is 9.67 Å². The average Bonchev–Trinajstić information content (AvgIpc) is 3.44. The maximum Gasteiger partial charge on any atom is 0.259 e. The number of fused-ring (bicyclic) bond motifs is 1. The molecule has 0 spiro atoms. The van der Waals surface area contributed by atoms with Crippen LogP contribution in [0.1, 0.15) is 22.5 Å². The standard InChI is InChI=1S/C34H25N5O2/c1-23-18-25(16-17-31(23)41-22-24-10-4-2-5-11-24)32-27(21-39(38-32)28-12-6-3-7-13-28)19-26(20-35)33-36-30-15-9-8-14-29(30)34(40)37-33/h2-19,21H,22H2,1H3,(H,36,37,40)/b26-19+. The lowest BCUT2D eigenvalue weighted by molar-refractivity contribution is 0.304. The zero-order valence-corrected chi connectivity index (χ0v) is 22.3. The van der Waals surface area contributed by atoms with E-state index in [0.29, 0.717) is 28.8 Å². The molecule has 2 heterocycles. The Bertz CT molecular complexity index is 1980. The molecule has 0 radical (unpaired) electrons. The summed E-state index contributed by atoms with van der Waals surface area (Å²) in [5.41, 5.74) is 5.64. The molecular formula is C34H25N5O2. The lowest BCUT2D eigenvalue weighted by atomic mass is 10.0. The summed E-state index contributed by atoms with van der Waals surface area (Å²) in [6.45, 7) is 2.47. The molecule has 0 aliphatic carbocycles. The van der Waals surface area contributed by atoms with Crippen LogP contribution in [0.4, 0.5) is 0 Å². The van der Waals surface area contributed by atoms with Gasteiger partial charge in [0, 0.05) is 17.3 Å². The minimum absolute atomic E-state index is 0.204. The maximum atomic E-state index is 12.7. The SMILES string of the molecule is Cc1cc(-c2nn(-c3ccccc3)cc2/C=C(\C#N)c2nc3ccccc3c(=O)[nH]2)ccc1OCc1ccccc1. The molecule has 2 aromatic heterocycles. The monoisotopic (exact) mass is 535 g/mol. The number of hydrogen-bond acceptors (Lipinski definition) is 5. The first-order chi connectivity index (χ1) is 20.1. The largest absolute Gasteiger partial charge is 0.489 e. The summed E-state index contributed by atoms with van der Waals surface area (Å²) in [5, 5.41) is 15.5. The van der Waals surface area contributed by atoms with E-state index in [2.05, 4.69) is 16.0 Å². The van der Waals surface area contributed by atoms with Crippen LogP contribution >= 0.6 is 0 Å². The number of hydrogen-bond donors (Lipinski definition) is 1. The molecular weight excluding hydrogens is 510 g/mol. The van der Waals surface area contributed by atoms with E-state index in [4.69, 9.17) is 9.84 Å². The van der Waals surface area contributed by atoms with Crippen LogP contribution in [0.15, 0.2) is 114 Å². The summed E-state index contributed by atoms with van der Waals surface area (Å²) >= 11 is 0. The molecule has 6 aromatic rings. The molecule has 7 nitrogen and oxygen atoms in total. The van der Waals surface area contributed by atoms with E-state index >= 15 is 0 Å². The second kappa shape index (κ2) is 11.2. The zero-order valence-electron chi connectivity index (χ0n) is 22.3. The fraction of sp³-hybridized carbons (Fsp3) is 0.0588. The zero-order chi connectivity index (χ0) is 28.2. The van der Waals surface area contributed by atoms with Crippen LogP contribution in [0, 0.1) is 18.3 Å². The highest BCUT2D eigenvalue weighted by Gasteiger charge is 2.16. The van der Waals surface area contributed by atoms with Crippen molar-refractivity contribution in [3.05, 3.63) is 142 Å². The number of nitrogens with zero attached hydrogens (tertiary/aromatic N) is 4. The average molecular weight is 536 g/mol. The Balaban J connectivity index is 1.41. The molecule has 0 aliphatic rings. The van der Waals surface area contributed by atoms with Gasteiger partial charge in [0.2, 0.25) is 0 Å². The molecule has 1 N–H and O–H groups in total. The highest BCUT2D eigenvalue weighted by Crippen LogP contribution is 2.31. The Morgan fingerprint density at radius 2 is 1.71 bits per heavy atom. The van der Waals surface area contributed by atoms with Gasteiger partial charge in [-0.1, -0.05) is 60.7 Å². The molecule has 0 saturated carbocycles. The second-order valence-corrected chi connectivity index (χ2v) is 9.57. The van der Waals surface area contributed by atoms with Gasteiger partial charge in [-0.15, -0.1) is 0 Å². The van der Waals surface area contributed by atoms with Gasteiger partial charge < -0.3 is 9.72 Å². The van der Waals surface area contributed by atoms with Gasteiger partial charge in [-0.05, 0) is 66.6 Å². The number of aromatic nitrogens is 4. The number of ether oxygens (including phenoxy) is 1. The minimum atomic E-state index is -0.298. The van der Waals surface area contributed by atoms with Gasteiger partial charge in [-0.3, -0.25) is 4.79 Å². The van der Waals surface area contributed by atoms with Crippen LogP contribution in [0.2, 0.25) is 0 Å². The Morgan fingerprint density at radius 1 is 0.976 bits per heavy atom. The Hall–Kier alpha value is -5.74. The summed E-state index contributed by atoms with van der Waals surface area (Å²) in [6, 6.07) is 35.0. The summed E-state index contributed by atoms with van der Waals surface area (Å²) in [7, 11) is 0. The fourth-order valence-electron chi connectivity index (χ4n) is 4.65. The molecule has 7 heteroatoms. The number of aromatic amines is 1. The van der Waals surface area contributed by atoms with Crippen molar-refractivity contribution >= 4 is 22.6 Å². The van der Waals surface area contributed by atoms with Crippen molar-refractivity contribution in [1.29, 1.82) is 5.26 Å². The van der Waals surface area contributed by atoms with Crippen LogP contribution in [0.5, 0.6) is 5.75 Å². The number of allylic oxidation sites excluding steroid dienone is 1.